The number of nitrogens with zero attached hydrogens (tertiary/aromatic N) is 1. The van der Waals surface area contributed by atoms with E-state index in [9.17, 15) is 14.3 Å². The number of primary amides is 1. The fraction of sp³-hybridized carbons (Fsp3) is 0.111. The van der Waals surface area contributed by atoms with Crippen molar-refractivity contribution in [3.05, 3.63) is 59.7 Å². The van der Waals surface area contributed by atoms with E-state index in [1.165, 1.54) is 19.1 Å². The lowest BCUT2D eigenvalue weighted by atomic mass is 10.0. The third-order valence-electron chi connectivity index (χ3n) is 3.77. The molecule has 0 saturated carbocycles. The minimum Gasteiger partial charge on any atom is -0.389 e. The Hall–Kier alpha value is -2.99. The van der Waals surface area contributed by atoms with Crippen molar-refractivity contribution < 1.29 is 14.3 Å². The van der Waals surface area contributed by atoms with Crippen LogP contribution in [0.5, 0.6) is 0 Å². The van der Waals surface area contributed by atoms with Crippen LogP contribution in [-0.2, 0) is 4.79 Å². The molecule has 0 saturated heterocycles. The van der Waals surface area contributed by atoms with Gasteiger partial charge in [0.15, 0.2) is 0 Å². The summed E-state index contributed by atoms with van der Waals surface area (Å²) in [6.07, 6.45) is 5.36. The smallest absolute Gasteiger partial charge is 0.241 e. The third-order valence-corrected chi connectivity index (χ3v) is 3.77. The fourth-order valence-corrected chi connectivity index (χ4v) is 2.54. The largest absolute Gasteiger partial charge is 0.389 e. The van der Waals surface area contributed by atoms with E-state index >= 15 is 0 Å². The lowest BCUT2D eigenvalue weighted by Gasteiger charge is -2.08. The Labute approximate surface area is 137 Å². The van der Waals surface area contributed by atoms with Crippen LogP contribution in [0.25, 0.3) is 28.2 Å². The number of fused-ring (bicyclic) bond motifs is 1. The van der Waals surface area contributed by atoms with Crippen molar-refractivity contribution >= 4 is 23.0 Å². The number of carbonyl (C=O) groups is 1. The van der Waals surface area contributed by atoms with Crippen molar-refractivity contribution in [2.75, 3.05) is 0 Å². The Bertz CT molecular complexity index is 945. The standard InChI is InChI=1S/C18H16FN3O2/c1-10(23)14-4-2-11(7-16(14)19)13-6-15-12(3-5-17(20)24)8-21-18(15)22-9-13/h2-10,23H,1H3,(H2,20,24)(H,21,22). The van der Waals surface area contributed by atoms with Crippen LogP contribution in [0.1, 0.15) is 24.2 Å². The van der Waals surface area contributed by atoms with Crippen molar-refractivity contribution in [2.24, 2.45) is 5.73 Å². The van der Waals surface area contributed by atoms with Crippen LogP contribution in [0.4, 0.5) is 4.39 Å². The van der Waals surface area contributed by atoms with Crippen molar-refractivity contribution in [3.8, 4) is 11.1 Å². The Kier molecular flexibility index (Phi) is 4.14. The molecule has 1 unspecified atom stereocenters. The molecule has 3 aromatic rings. The molecule has 122 valence electrons. The van der Waals surface area contributed by atoms with Gasteiger partial charge >= 0.3 is 0 Å². The highest BCUT2D eigenvalue weighted by molar-refractivity contribution is 5.95. The maximum absolute atomic E-state index is 14.1. The molecule has 0 aliphatic heterocycles. The first-order valence-electron chi connectivity index (χ1n) is 7.38. The molecule has 0 spiro atoms. The number of nitrogens with two attached hydrogens (primary N) is 1. The van der Waals surface area contributed by atoms with Crippen LogP contribution >= 0.6 is 0 Å². The Morgan fingerprint density at radius 1 is 1.38 bits per heavy atom. The molecule has 0 aliphatic rings. The highest BCUT2D eigenvalue weighted by Gasteiger charge is 2.11. The van der Waals surface area contributed by atoms with Gasteiger partial charge in [-0.25, -0.2) is 9.37 Å². The van der Waals surface area contributed by atoms with Gasteiger partial charge in [0, 0.05) is 40.5 Å². The van der Waals surface area contributed by atoms with Crippen LogP contribution in [0.3, 0.4) is 0 Å². The lowest BCUT2D eigenvalue weighted by molar-refractivity contribution is -0.113. The van der Waals surface area contributed by atoms with Gasteiger partial charge in [-0.3, -0.25) is 4.79 Å². The normalized spacial score (nSPS) is 12.8. The number of aromatic nitrogens is 2. The van der Waals surface area contributed by atoms with Crippen molar-refractivity contribution in [3.63, 3.8) is 0 Å². The van der Waals surface area contributed by atoms with Crippen LogP contribution in [0, 0.1) is 5.82 Å². The monoisotopic (exact) mass is 325 g/mol. The van der Waals surface area contributed by atoms with Gasteiger partial charge < -0.3 is 15.8 Å². The second kappa shape index (κ2) is 6.25. The molecule has 2 aromatic heterocycles. The summed E-state index contributed by atoms with van der Waals surface area (Å²) in [7, 11) is 0. The lowest BCUT2D eigenvalue weighted by Crippen LogP contribution is -2.04. The first-order valence-corrected chi connectivity index (χ1v) is 7.38. The number of hydrogen-bond donors (Lipinski definition) is 3. The second-order valence-electron chi connectivity index (χ2n) is 5.51. The Morgan fingerprint density at radius 3 is 2.83 bits per heavy atom. The SMILES string of the molecule is CC(O)c1ccc(-c2cnc3[nH]cc(C=CC(N)=O)c3c2)cc1F. The molecular weight excluding hydrogens is 309 g/mol. The molecule has 0 fully saturated rings. The van der Waals surface area contributed by atoms with Gasteiger partial charge in [0.25, 0.3) is 0 Å². The van der Waals surface area contributed by atoms with Gasteiger partial charge in [-0.05, 0) is 30.7 Å². The zero-order valence-electron chi connectivity index (χ0n) is 13.0. The van der Waals surface area contributed by atoms with Crippen molar-refractivity contribution in [1.29, 1.82) is 0 Å². The number of rotatable bonds is 4. The average Bonchev–Trinajstić information content (AvgIpc) is 2.94. The maximum Gasteiger partial charge on any atom is 0.241 e. The Balaban J connectivity index is 2.06. The van der Waals surface area contributed by atoms with Crippen LogP contribution in [0.15, 0.2) is 42.7 Å². The van der Waals surface area contributed by atoms with Crippen molar-refractivity contribution in [1.82, 2.24) is 9.97 Å². The van der Waals surface area contributed by atoms with Crippen LogP contribution in [-0.4, -0.2) is 21.0 Å². The number of H-pyrrole nitrogens is 1. The first kappa shape index (κ1) is 15.9. The number of hydrogen-bond acceptors (Lipinski definition) is 3. The van der Waals surface area contributed by atoms with Gasteiger partial charge in [-0.2, -0.15) is 0 Å². The molecule has 3 rings (SSSR count). The number of benzene rings is 1. The molecular formula is C18H16FN3O2. The minimum atomic E-state index is -0.866. The summed E-state index contributed by atoms with van der Waals surface area (Å²) < 4.78 is 14.1. The van der Waals surface area contributed by atoms with Gasteiger partial charge in [0.2, 0.25) is 5.91 Å². The number of halogens is 1. The van der Waals surface area contributed by atoms with Crippen LogP contribution < -0.4 is 5.73 Å². The quantitative estimate of drug-likeness (QED) is 0.644. The highest BCUT2D eigenvalue weighted by atomic mass is 19.1. The van der Waals surface area contributed by atoms with Gasteiger partial charge in [0.1, 0.15) is 11.5 Å². The molecule has 1 aromatic carbocycles. The van der Waals surface area contributed by atoms with Gasteiger partial charge in [0.05, 0.1) is 6.10 Å². The summed E-state index contributed by atoms with van der Waals surface area (Å²) in [6, 6.07) is 6.52. The fourth-order valence-electron chi connectivity index (χ4n) is 2.54. The molecule has 4 N–H and O–H groups in total. The zero-order chi connectivity index (χ0) is 17.3. The molecule has 24 heavy (non-hydrogen) atoms. The third kappa shape index (κ3) is 3.04. The molecule has 5 nitrogen and oxygen atoms in total. The molecule has 0 radical (unpaired) electrons. The molecule has 2 heterocycles. The number of aliphatic hydroxyl groups is 1. The summed E-state index contributed by atoms with van der Waals surface area (Å²) >= 11 is 0. The summed E-state index contributed by atoms with van der Waals surface area (Å²) in [5.41, 5.74) is 8.16. The number of carbonyl (C=O) groups excluding carboxylic acids is 1. The van der Waals surface area contributed by atoms with E-state index in [0.717, 1.165) is 16.5 Å². The van der Waals surface area contributed by atoms with E-state index in [0.29, 0.717) is 11.2 Å². The van der Waals surface area contributed by atoms with Crippen LogP contribution in [0.2, 0.25) is 0 Å². The predicted molar refractivity (Wildman–Crippen MR) is 90.3 cm³/mol. The van der Waals surface area contributed by atoms with Crippen molar-refractivity contribution in [2.45, 2.75) is 13.0 Å². The van der Waals surface area contributed by atoms with E-state index in [1.54, 1.807) is 30.6 Å². The number of amides is 1. The van der Waals surface area contributed by atoms with Gasteiger partial charge in [-0.15, -0.1) is 0 Å². The van der Waals surface area contributed by atoms with E-state index in [2.05, 4.69) is 9.97 Å². The summed E-state index contributed by atoms with van der Waals surface area (Å²) in [6.45, 7) is 1.52. The van der Waals surface area contributed by atoms with E-state index < -0.39 is 17.8 Å². The number of aromatic amines is 1. The summed E-state index contributed by atoms with van der Waals surface area (Å²) in [5.74, 6) is -1.00. The van der Waals surface area contributed by atoms with Gasteiger partial charge in [-0.1, -0.05) is 12.1 Å². The summed E-state index contributed by atoms with van der Waals surface area (Å²) in [4.78, 5) is 18.2. The molecule has 1 atom stereocenters. The average molecular weight is 325 g/mol. The zero-order valence-corrected chi connectivity index (χ0v) is 13.0. The topological polar surface area (TPSA) is 92.0 Å². The second-order valence-corrected chi connectivity index (χ2v) is 5.51. The van der Waals surface area contributed by atoms with E-state index in [4.69, 9.17) is 5.73 Å². The number of nitrogens with one attached hydrogen (secondary N) is 1. The molecule has 6 heteroatoms. The summed E-state index contributed by atoms with van der Waals surface area (Å²) in [5, 5.41) is 10.3. The maximum atomic E-state index is 14.1. The minimum absolute atomic E-state index is 0.250. The van der Waals surface area contributed by atoms with E-state index in [-0.39, 0.29) is 5.56 Å². The van der Waals surface area contributed by atoms with E-state index in [1.807, 2.05) is 6.07 Å². The molecule has 1 amide bonds. The number of pyridine rings is 1. The molecule has 0 aliphatic carbocycles. The number of aliphatic hydroxyl groups excluding tert-OH is 1. The Morgan fingerprint density at radius 2 is 2.17 bits per heavy atom. The highest BCUT2D eigenvalue weighted by Crippen LogP contribution is 2.28. The predicted octanol–water partition coefficient (Wildman–Crippen LogP) is 2.92. The first-order chi connectivity index (χ1) is 11.5. The molecule has 0 bridgehead atoms.